The van der Waals surface area contributed by atoms with E-state index in [0.717, 1.165) is 20.9 Å². The second-order valence-electron chi connectivity index (χ2n) is 8.06. The third-order valence-electron chi connectivity index (χ3n) is 4.59. The van der Waals surface area contributed by atoms with Crippen LogP contribution in [0, 0.1) is 34.6 Å². The van der Waals surface area contributed by atoms with Crippen molar-refractivity contribution in [1.82, 2.24) is 0 Å². The van der Waals surface area contributed by atoms with E-state index in [1.54, 1.807) is 11.8 Å². The zero-order valence-corrected chi connectivity index (χ0v) is 18.5. The molecule has 0 amide bonds. The maximum Gasteiger partial charge on any atom is 0.270 e. The Morgan fingerprint density at radius 1 is 1.00 bits per heavy atom. The van der Waals surface area contributed by atoms with Crippen molar-refractivity contribution in [3.8, 4) is 12.1 Å². The molecule has 0 unspecified atom stereocenters. The van der Waals surface area contributed by atoms with Crippen LogP contribution in [0.5, 0.6) is 0 Å². The fraction of sp³-hybridized carbons (Fsp3) is 0.148. The lowest BCUT2D eigenvalue weighted by molar-refractivity contribution is 0.544. The third-order valence-corrected chi connectivity index (χ3v) is 5.65. The maximum atomic E-state index is 10.2. The normalized spacial score (nSPS) is 15.7. The molecule has 0 aliphatic carbocycles. The molecule has 0 saturated carbocycles. The van der Waals surface area contributed by atoms with Crippen molar-refractivity contribution in [2.75, 3.05) is 0 Å². The van der Waals surface area contributed by atoms with Crippen LogP contribution in [0.25, 0.3) is 16.0 Å². The molecule has 0 bridgehead atoms. The van der Waals surface area contributed by atoms with E-state index in [0.29, 0.717) is 16.7 Å². The summed E-state index contributed by atoms with van der Waals surface area (Å²) in [5.41, 5.74) is 2.95. The van der Waals surface area contributed by atoms with Crippen molar-refractivity contribution in [2.45, 2.75) is 25.7 Å². The Bertz CT molecular complexity index is 1230. The molecular weight excluding hydrogens is 398 g/mol. The zero-order chi connectivity index (χ0) is 22.4. The van der Waals surface area contributed by atoms with E-state index >= 15 is 0 Å². The van der Waals surface area contributed by atoms with Crippen LogP contribution in [-0.4, -0.2) is 0 Å². The lowest BCUT2D eigenvalue weighted by atomic mass is 9.89. The van der Waals surface area contributed by atoms with Crippen molar-refractivity contribution in [3.63, 3.8) is 0 Å². The standard InChI is InChI=1S/C27H21N3S/c1-27(2,3)15-14-20-16-22(21-12-8-9-13-25(21)31-20)23(17-28)26(24(18-29)30-4)19-10-6-5-7-11-19/h5-16H,1-3H3/b15-14+,23-22+,26-24+. The van der Waals surface area contributed by atoms with Gasteiger partial charge in [0.15, 0.2) is 0 Å². The van der Waals surface area contributed by atoms with Gasteiger partial charge in [-0.25, -0.2) is 10.1 Å². The number of allylic oxidation sites excluding steroid dienone is 7. The molecule has 150 valence electrons. The van der Waals surface area contributed by atoms with E-state index < -0.39 is 0 Å². The molecule has 0 radical (unpaired) electrons. The minimum Gasteiger partial charge on any atom is -0.226 e. The third kappa shape index (κ3) is 5.04. The van der Waals surface area contributed by atoms with E-state index in [4.69, 9.17) is 6.57 Å². The largest absolute Gasteiger partial charge is 0.270 e. The second kappa shape index (κ2) is 9.36. The van der Waals surface area contributed by atoms with Gasteiger partial charge >= 0.3 is 0 Å². The van der Waals surface area contributed by atoms with Crippen molar-refractivity contribution in [2.24, 2.45) is 5.41 Å². The molecule has 1 aliphatic heterocycles. The number of rotatable bonds is 3. The van der Waals surface area contributed by atoms with Crippen LogP contribution in [0.15, 0.2) is 93.9 Å². The number of nitriles is 2. The lowest BCUT2D eigenvalue weighted by Crippen LogP contribution is -2.01. The van der Waals surface area contributed by atoms with Gasteiger partial charge in [-0.05, 0) is 28.7 Å². The Morgan fingerprint density at radius 3 is 2.29 bits per heavy atom. The Labute approximate surface area is 188 Å². The Hall–Kier alpha value is -3.78. The molecule has 31 heavy (non-hydrogen) atoms. The molecule has 0 aromatic heterocycles. The molecule has 0 saturated heterocycles. The van der Waals surface area contributed by atoms with Crippen LogP contribution in [-0.2, 0) is 0 Å². The first-order valence-corrected chi connectivity index (χ1v) is 10.6. The molecule has 1 aliphatic rings. The molecule has 1 heterocycles. The van der Waals surface area contributed by atoms with Gasteiger partial charge in [-0.15, -0.1) is 0 Å². The molecule has 2 aromatic carbocycles. The van der Waals surface area contributed by atoms with Gasteiger partial charge in [0.25, 0.3) is 5.70 Å². The SMILES string of the molecule is [C-]#[N+]/C(C#N)=C(/C(C#N)=C1C=C(/C=C/C(C)(C)C)Sc2ccccc2\1)c1ccccc1. The highest BCUT2D eigenvalue weighted by molar-refractivity contribution is 8.03. The topological polar surface area (TPSA) is 51.9 Å². The number of benzene rings is 2. The fourth-order valence-corrected chi connectivity index (χ4v) is 4.17. The van der Waals surface area contributed by atoms with Gasteiger partial charge in [-0.2, -0.15) is 5.26 Å². The number of hydrogen-bond acceptors (Lipinski definition) is 3. The molecule has 0 spiro atoms. The molecule has 4 heteroatoms. The number of thioether (sulfide) groups is 1. The van der Waals surface area contributed by atoms with Crippen LogP contribution in [0.2, 0.25) is 0 Å². The minimum atomic E-state index is -0.0915. The molecule has 0 N–H and O–H groups in total. The van der Waals surface area contributed by atoms with E-state index in [9.17, 15) is 10.5 Å². The average molecular weight is 420 g/mol. The van der Waals surface area contributed by atoms with Gasteiger partial charge < -0.3 is 0 Å². The van der Waals surface area contributed by atoms with E-state index in [1.807, 2.05) is 66.7 Å². The first kappa shape index (κ1) is 21.9. The molecular formula is C27H21N3S. The summed E-state index contributed by atoms with van der Waals surface area (Å²) in [4.78, 5) is 5.48. The van der Waals surface area contributed by atoms with E-state index in [2.05, 4.69) is 43.8 Å². The molecule has 0 atom stereocenters. The molecule has 3 rings (SSSR count). The van der Waals surface area contributed by atoms with Crippen LogP contribution in [0.4, 0.5) is 0 Å². The predicted octanol–water partition coefficient (Wildman–Crippen LogP) is 7.41. The van der Waals surface area contributed by atoms with Crippen molar-refractivity contribution >= 4 is 22.9 Å². The number of nitrogens with zero attached hydrogens (tertiary/aromatic N) is 3. The quantitative estimate of drug-likeness (QED) is 0.384. The summed E-state index contributed by atoms with van der Waals surface area (Å²) in [6, 6.07) is 21.4. The van der Waals surface area contributed by atoms with Crippen LogP contribution >= 0.6 is 11.8 Å². The Kier molecular flexibility index (Phi) is 6.61. The van der Waals surface area contributed by atoms with Crippen LogP contribution < -0.4 is 0 Å². The monoisotopic (exact) mass is 419 g/mol. The van der Waals surface area contributed by atoms with Gasteiger partial charge in [0.05, 0.1) is 24.3 Å². The zero-order valence-electron chi connectivity index (χ0n) is 17.7. The summed E-state index contributed by atoms with van der Waals surface area (Å²) in [6.45, 7) is 13.9. The van der Waals surface area contributed by atoms with Crippen LogP contribution in [0.1, 0.15) is 31.9 Å². The summed E-state index contributed by atoms with van der Waals surface area (Å²) in [5.74, 6) is 0. The molecule has 0 fully saturated rings. The maximum absolute atomic E-state index is 10.2. The second-order valence-corrected chi connectivity index (χ2v) is 9.17. The summed E-state index contributed by atoms with van der Waals surface area (Å²) in [7, 11) is 0. The number of fused-ring (bicyclic) bond motifs is 1. The summed E-state index contributed by atoms with van der Waals surface area (Å²) in [5, 5.41) is 19.8. The fourth-order valence-electron chi connectivity index (χ4n) is 3.17. The highest BCUT2D eigenvalue weighted by atomic mass is 32.2. The summed E-state index contributed by atoms with van der Waals surface area (Å²) >= 11 is 1.65. The van der Waals surface area contributed by atoms with Gasteiger partial charge in [-0.1, -0.05) is 93.2 Å². The first-order valence-electron chi connectivity index (χ1n) is 9.78. The highest BCUT2D eigenvalue weighted by Gasteiger charge is 2.23. The minimum absolute atomic E-state index is 0.0213. The van der Waals surface area contributed by atoms with Gasteiger partial charge in [0.1, 0.15) is 0 Å². The van der Waals surface area contributed by atoms with Crippen LogP contribution in [0.3, 0.4) is 0 Å². The smallest absolute Gasteiger partial charge is 0.226 e. The Morgan fingerprint density at radius 2 is 1.68 bits per heavy atom. The average Bonchev–Trinajstić information content (AvgIpc) is 2.78. The van der Waals surface area contributed by atoms with E-state index in [1.165, 1.54) is 0 Å². The summed E-state index contributed by atoms with van der Waals surface area (Å²) < 4.78 is 0. The molecule has 2 aromatic rings. The van der Waals surface area contributed by atoms with E-state index in [-0.39, 0.29) is 11.1 Å². The van der Waals surface area contributed by atoms with Gasteiger partial charge in [0, 0.05) is 20.9 Å². The highest BCUT2D eigenvalue weighted by Crippen LogP contribution is 2.44. The summed E-state index contributed by atoms with van der Waals surface area (Å²) in [6.07, 6.45) is 6.19. The molecule has 3 nitrogen and oxygen atoms in total. The van der Waals surface area contributed by atoms with Crippen molar-refractivity contribution < 1.29 is 0 Å². The van der Waals surface area contributed by atoms with Gasteiger partial charge in [-0.3, -0.25) is 0 Å². The van der Waals surface area contributed by atoms with Crippen molar-refractivity contribution in [1.29, 1.82) is 10.5 Å². The Balaban J connectivity index is 2.36. The van der Waals surface area contributed by atoms with Crippen molar-refractivity contribution in [3.05, 3.63) is 112 Å². The lowest BCUT2D eigenvalue weighted by Gasteiger charge is -2.21. The number of hydrogen-bond donors (Lipinski definition) is 0. The first-order chi connectivity index (χ1) is 14.9. The predicted molar refractivity (Wildman–Crippen MR) is 127 cm³/mol. The van der Waals surface area contributed by atoms with Gasteiger partial charge in [0.2, 0.25) is 0 Å².